The Morgan fingerprint density at radius 2 is 1.88 bits per heavy atom. The molecule has 4 N–H and O–H groups in total. The maximum Gasteiger partial charge on any atom is 0.225 e. The van der Waals surface area contributed by atoms with Gasteiger partial charge in [0.05, 0.1) is 5.69 Å². The van der Waals surface area contributed by atoms with Crippen molar-refractivity contribution in [2.45, 2.75) is 50.6 Å². The Kier molecular flexibility index (Phi) is 5.57. The summed E-state index contributed by atoms with van der Waals surface area (Å²) in [4.78, 5) is 14.7. The van der Waals surface area contributed by atoms with Gasteiger partial charge in [0, 0.05) is 56.8 Å². The van der Waals surface area contributed by atoms with Gasteiger partial charge in [0.15, 0.2) is 0 Å². The predicted octanol–water partition coefficient (Wildman–Crippen LogP) is 0.916. The maximum absolute atomic E-state index is 5.77. The zero-order valence-electron chi connectivity index (χ0n) is 16.0. The van der Waals surface area contributed by atoms with E-state index in [4.69, 9.17) is 15.7 Å². The molecule has 1 saturated heterocycles. The molecule has 144 valence electrons. The van der Waals surface area contributed by atoms with Gasteiger partial charge < -0.3 is 26.2 Å². The summed E-state index contributed by atoms with van der Waals surface area (Å²) in [7, 11) is 2.21. The van der Waals surface area contributed by atoms with Gasteiger partial charge in [0.2, 0.25) is 5.95 Å². The molecular formula is C19H33N7. The number of fused-ring (bicyclic) bond motifs is 1. The van der Waals surface area contributed by atoms with Crippen molar-refractivity contribution >= 4 is 11.8 Å². The highest BCUT2D eigenvalue weighted by Crippen LogP contribution is 2.28. The van der Waals surface area contributed by atoms with Gasteiger partial charge in [0.1, 0.15) is 5.82 Å². The van der Waals surface area contributed by atoms with Crippen molar-refractivity contribution in [2.24, 2.45) is 5.73 Å². The summed E-state index contributed by atoms with van der Waals surface area (Å²) < 4.78 is 0. The smallest absolute Gasteiger partial charge is 0.225 e. The predicted molar refractivity (Wildman–Crippen MR) is 106 cm³/mol. The summed E-state index contributed by atoms with van der Waals surface area (Å²) in [5, 5.41) is 7.28. The lowest BCUT2D eigenvalue weighted by Crippen LogP contribution is -2.40. The van der Waals surface area contributed by atoms with E-state index in [2.05, 4.69) is 27.5 Å². The summed E-state index contributed by atoms with van der Waals surface area (Å²) in [5.74, 6) is 1.87. The lowest BCUT2D eigenvalue weighted by molar-refractivity contribution is 0.260. The molecule has 1 atom stereocenters. The molecule has 2 aliphatic heterocycles. The van der Waals surface area contributed by atoms with E-state index < -0.39 is 0 Å². The van der Waals surface area contributed by atoms with Crippen LogP contribution >= 0.6 is 0 Å². The van der Waals surface area contributed by atoms with Crippen molar-refractivity contribution < 1.29 is 0 Å². The third-order valence-corrected chi connectivity index (χ3v) is 5.76. The van der Waals surface area contributed by atoms with Crippen molar-refractivity contribution in [3.63, 3.8) is 0 Å². The van der Waals surface area contributed by atoms with Gasteiger partial charge in [-0.2, -0.15) is 4.98 Å². The Morgan fingerprint density at radius 3 is 2.65 bits per heavy atom. The van der Waals surface area contributed by atoms with Gasteiger partial charge in [-0.15, -0.1) is 0 Å². The number of piperidine rings is 1. The monoisotopic (exact) mass is 359 g/mol. The van der Waals surface area contributed by atoms with Crippen LogP contribution in [-0.2, 0) is 12.8 Å². The number of likely N-dealkylation sites (tertiary alicyclic amines) is 1. The molecule has 3 heterocycles. The van der Waals surface area contributed by atoms with Crippen LogP contribution in [0.15, 0.2) is 0 Å². The quantitative estimate of drug-likeness (QED) is 0.696. The fourth-order valence-electron chi connectivity index (χ4n) is 4.12. The Morgan fingerprint density at radius 1 is 1.04 bits per heavy atom. The molecule has 7 heteroatoms. The highest BCUT2D eigenvalue weighted by Gasteiger charge is 2.26. The first-order valence-corrected chi connectivity index (χ1v) is 10.2. The molecule has 0 spiro atoms. The topological polar surface area (TPSA) is 82.3 Å². The standard InChI is InChI=1S/C19H33N7/c1-25-9-2-3-15(13-25)21-18-16-6-10-26(12-8-20)11-7-17(16)23-19(24-18)22-14-4-5-14/h14-15H,2-13,20H2,1H3,(H2,21,22,23,24). The number of hydrogen-bond acceptors (Lipinski definition) is 7. The van der Waals surface area contributed by atoms with Crippen molar-refractivity contribution in [1.82, 2.24) is 19.8 Å². The van der Waals surface area contributed by atoms with E-state index in [1.165, 1.54) is 43.5 Å². The van der Waals surface area contributed by atoms with Gasteiger partial charge in [-0.25, -0.2) is 4.98 Å². The minimum atomic E-state index is 0.477. The summed E-state index contributed by atoms with van der Waals surface area (Å²) in [6.45, 7) is 6.05. The zero-order valence-corrected chi connectivity index (χ0v) is 16.0. The molecular weight excluding hydrogens is 326 g/mol. The SMILES string of the molecule is CN1CCCC(Nc2nc(NC3CC3)nc3c2CCN(CCN)CC3)C1. The van der Waals surface area contributed by atoms with E-state index in [-0.39, 0.29) is 0 Å². The number of rotatable bonds is 6. The van der Waals surface area contributed by atoms with Crippen molar-refractivity contribution in [2.75, 3.05) is 56.9 Å². The van der Waals surface area contributed by atoms with Crippen molar-refractivity contribution in [3.05, 3.63) is 11.3 Å². The van der Waals surface area contributed by atoms with Crippen LogP contribution < -0.4 is 16.4 Å². The molecule has 1 saturated carbocycles. The Labute approximate surface area is 156 Å². The number of nitrogens with one attached hydrogen (secondary N) is 2. The van der Waals surface area contributed by atoms with Gasteiger partial charge >= 0.3 is 0 Å². The molecule has 2 fully saturated rings. The van der Waals surface area contributed by atoms with Gasteiger partial charge in [-0.3, -0.25) is 0 Å². The van der Waals surface area contributed by atoms with Crippen LogP contribution in [0.1, 0.15) is 36.9 Å². The van der Waals surface area contributed by atoms with Crippen LogP contribution in [0.4, 0.5) is 11.8 Å². The Bertz CT molecular complexity index is 616. The van der Waals surface area contributed by atoms with E-state index in [1.54, 1.807) is 0 Å². The molecule has 1 aliphatic carbocycles. The van der Waals surface area contributed by atoms with Gasteiger partial charge in [-0.1, -0.05) is 0 Å². The molecule has 4 rings (SSSR count). The number of likely N-dealkylation sites (N-methyl/N-ethyl adjacent to an activating group) is 1. The maximum atomic E-state index is 5.77. The van der Waals surface area contributed by atoms with Crippen LogP contribution in [0.25, 0.3) is 0 Å². The second kappa shape index (κ2) is 8.06. The minimum Gasteiger partial charge on any atom is -0.366 e. The number of anilines is 2. The molecule has 0 bridgehead atoms. The molecule has 1 aromatic rings. The molecule has 1 unspecified atom stereocenters. The van der Waals surface area contributed by atoms with Gasteiger partial charge in [-0.05, 0) is 45.7 Å². The zero-order chi connectivity index (χ0) is 17.9. The lowest BCUT2D eigenvalue weighted by atomic mass is 10.0. The highest BCUT2D eigenvalue weighted by atomic mass is 15.2. The average molecular weight is 360 g/mol. The number of hydrogen-bond donors (Lipinski definition) is 3. The number of aromatic nitrogens is 2. The molecule has 0 radical (unpaired) electrons. The molecule has 3 aliphatic rings. The molecule has 0 amide bonds. The average Bonchev–Trinajstić information content (AvgIpc) is 3.43. The Hall–Kier alpha value is -1.44. The van der Waals surface area contributed by atoms with Gasteiger partial charge in [0.25, 0.3) is 0 Å². The van der Waals surface area contributed by atoms with Crippen molar-refractivity contribution in [1.29, 1.82) is 0 Å². The summed E-state index contributed by atoms with van der Waals surface area (Å²) in [5.41, 5.74) is 8.31. The van der Waals surface area contributed by atoms with Crippen LogP contribution in [0.2, 0.25) is 0 Å². The largest absolute Gasteiger partial charge is 0.366 e. The minimum absolute atomic E-state index is 0.477. The first-order valence-electron chi connectivity index (χ1n) is 10.2. The van der Waals surface area contributed by atoms with Crippen LogP contribution in [0.5, 0.6) is 0 Å². The van der Waals surface area contributed by atoms with E-state index in [1.807, 2.05) is 0 Å². The molecule has 7 nitrogen and oxygen atoms in total. The van der Waals surface area contributed by atoms with Crippen molar-refractivity contribution in [3.8, 4) is 0 Å². The van der Waals surface area contributed by atoms with E-state index in [0.717, 1.165) is 57.3 Å². The first-order chi connectivity index (χ1) is 12.7. The van der Waals surface area contributed by atoms with E-state index in [0.29, 0.717) is 12.1 Å². The fourth-order valence-corrected chi connectivity index (χ4v) is 4.12. The second-order valence-corrected chi connectivity index (χ2v) is 8.12. The third-order valence-electron chi connectivity index (χ3n) is 5.76. The highest BCUT2D eigenvalue weighted by molar-refractivity contribution is 5.52. The lowest BCUT2D eigenvalue weighted by Gasteiger charge is -2.31. The normalized spacial score (nSPS) is 24.8. The van der Waals surface area contributed by atoms with E-state index >= 15 is 0 Å². The second-order valence-electron chi connectivity index (χ2n) is 8.12. The summed E-state index contributed by atoms with van der Waals surface area (Å²) in [6, 6.07) is 1.05. The first kappa shape index (κ1) is 17.9. The molecule has 26 heavy (non-hydrogen) atoms. The van der Waals surface area contributed by atoms with Crippen LogP contribution in [0, 0.1) is 0 Å². The summed E-state index contributed by atoms with van der Waals surface area (Å²) >= 11 is 0. The molecule has 1 aromatic heterocycles. The fraction of sp³-hybridized carbons (Fsp3) is 0.789. The number of nitrogens with two attached hydrogens (primary N) is 1. The Balaban J connectivity index is 1.56. The number of nitrogens with zero attached hydrogens (tertiary/aromatic N) is 4. The summed E-state index contributed by atoms with van der Waals surface area (Å²) in [6.07, 6.45) is 6.93. The van der Waals surface area contributed by atoms with Crippen LogP contribution in [0.3, 0.4) is 0 Å². The van der Waals surface area contributed by atoms with E-state index in [9.17, 15) is 0 Å². The van der Waals surface area contributed by atoms with Crippen LogP contribution in [-0.4, -0.2) is 78.2 Å². The third kappa shape index (κ3) is 4.45. The molecule has 0 aromatic carbocycles.